The summed E-state index contributed by atoms with van der Waals surface area (Å²) in [5.74, 6) is 0.759. The lowest BCUT2D eigenvalue weighted by Crippen LogP contribution is -2.12. The molecule has 8 heteroatoms. The van der Waals surface area contributed by atoms with Gasteiger partial charge in [0.25, 0.3) is 10.0 Å². The molecular formula is C12H12ClN3O2S2. The summed E-state index contributed by atoms with van der Waals surface area (Å²) in [6.07, 6.45) is 3.82. The fraction of sp³-hybridized carbons (Fsp3) is 0.250. The van der Waals surface area contributed by atoms with Crippen LogP contribution in [0.15, 0.2) is 34.7 Å². The number of sulfonamides is 1. The smallest absolute Gasteiger partial charge is 0.271 e. The summed E-state index contributed by atoms with van der Waals surface area (Å²) in [4.78, 5) is 4.18. The SMILES string of the molecule is O=S(=O)(Nc1ccc(NC2CC2)nc1)c1ccc(Cl)s1. The van der Waals surface area contributed by atoms with Crippen molar-refractivity contribution < 1.29 is 8.42 Å². The molecule has 0 unspecified atom stereocenters. The molecule has 1 saturated carbocycles. The third kappa shape index (κ3) is 3.23. The van der Waals surface area contributed by atoms with Crippen molar-refractivity contribution in [3.05, 3.63) is 34.8 Å². The van der Waals surface area contributed by atoms with Crippen molar-refractivity contribution in [2.45, 2.75) is 23.1 Å². The molecule has 1 fully saturated rings. The second kappa shape index (κ2) is 5.23. The molecule has 0 aliphatic heterocycles. The lowest BCUT2D eigenvalue weighted by molar-refractivity contribution is 0.603. The molecule has 2 aromatic heterocycles. The number of halogens is 1. The van der Waals surface area contributed by atoms with Crippen LogP contribution >= 0.6 is 22.9 Å². The zero-order chi connectivity index (χ0) is 14.2. The van der Waals surface area contributed by atoms with Crippen molar-refractivity contribution in [1.29, 1.82) is 0 Å². The topological polar surface area (TPSA) is 71.1 Å². The minimum atomic E-state index is -3.59. The fourth-order valence-corrected chi connectivity index (χ4v) is 4.15. The van der Waals surface area contributed by atoms with Gasteiger partial charge in [-0.15, -0.1) is 11.3 Å². The van der Waals surface area contributed by atoms with Crippen molar-refractivity contribution in [3.63, 3.8) is 0 Å². The summed E-state index contributed by atoms with van der Waals surface area (Å²) in [6, 6.07) is 6.99. The van der Waals surface area contributed by atoms with Gasteiger partial charge in [-0.05, 0) is 37.1 Å². The predicted octanol–water partition coefficient (Wildman–Crippen LogP) is 3.17. The first-order valence-electron chi connectivity index (χ1n) is 6.04. The molecule has 20 heavy (non-hydrogen) atoms. The molecule has 0 radical (unpaired) electrons. The van der Waals surface area contributed by atoms with Gasteiger partial charge in [-0.1, -0.05) is 11.6 Å². The van der Waals surface area contributed by atoms with E-state index < -0.39 is 10.0 Å². The second-order valence-electron chi connectivity index (χ2n) is 4.51. The van der Waals surface area contributed by atoms with Crippen LogP contribution in [0.25, 0.3) is 0 Å². The molecule has 5 nitrogen and oxygen atoms in total. The van der Waals surface area contributed by atoms with Crippen molar-refractivity contribution in [1.82, 2.24) is 4.98 Å². The maximum atomic E-state index is 12.1. The molecule has 1 aliphatic carbocycles. The molecule has 0 amide bonds. The molecule has 106 valence electrons. The van der Waals surface area contributed by atoms with Crippen LogP contribution in [-0.4, -0.2) is 19.4 Å². The highest BCUT2D eigenvalue weighted by Crippen LogP contribution is 2.28. The van der Waals surface area contributed by atoms with Crippen LogP contribution in [0.2, 0.25) is 4.34 Å². The number of anilines is 2. The van der Waals surface area contributed by atoms with Gasteiger partial charge in [0, 0.05) is 6.04 Å². The first kappa shape index (κ1) is 13.7. The van der Waals surface area contributed by atoms with Gasteiger partial charge in [0.15, 0.2) is 0 Å². The van der Waals surface area contributed by atoms with Crippen molar-refractivity contribution in [3.8, 4) is 0 Å². The predicted molar refractivity (Wildman–Crippen MR) is 81.0 cm³/mol. The van der Waals surface area contributed by atoms with E-state index in [9.17, 15) is 8.42 Å². The standard InChI is InChI=1S/C12H12ClN3O2S2/c13-10-4-6-12(19-10)20(17,18)16-9-3-5-11(14-7-9)15-8-1-2-8/h3-8,16H,1-2H2,(H,14,15). The van der Waals surface area contributed by atoms with Crippen LogP contribution in [0, 0.1) is 0 Å². The third-order valence-corrected chi connectivity index (χ3v) is 5.86. The summed E-state index contributed by atoms with van der Waals surface area (Å²) >= 11 is 6.77. The van der Waals surface area contributed by atoms with Crippen LogP contribution in [-0.2, 0) is 10.0 Å². The van der Waals surface area contributed by atoms with E-state index in [1.54, 1.807) is 18.2 Å². The Kier molecular flexibility index (Phi) is 3.57. The maximum Gasteiger partial charge on any atom is 0.271 e. The van der Waals surface area contributed by atoms with Crippen molar-refractivity contribution in [2.75, 3.05) is 10.0 Å². The Morgan fingerprint density at radius 2 is 2.05 bits per heavy atom. The van der Waals surface area contributed by atoms with Crippen LogP contribution in [0.4, 0.5) is 11.5 Å². The van der Waals surface area contributed by atoms with Gasteiger partial charge in [-0.2, -0.15) is 0 Å². The van der Waals surface area contributed by atoms with Gasteiger partial charge in [0.1, 0.15) is 10.0 Å². The molecule has 2 heterocycles. The number of nitrogens with zero attached hydrogens (tertiary/aromatic N) is 1. The van der Waals surface area contributed by atoms with Crippen molar-refractivity contribution in [2.24, 2.45) is 0 Å². The maximum absolute atomic E-state index is 12.1. The third-order valence-electron chi connectivity index (χ3n) is 2.76. The summed E-state index contributed by atoms with van der Waals surface area (Å²) in [7, 11) is -3.59. The Morgan fingerprint density at radius 1 is 1.25 bits per heavy atom. The number of pyridine rings is 1. The Balaban J connectivity index is 1.73. The molecule has 2 aromatic rings. The molecule has 0 saturated heterocycles. The molecule has 0 bridgehead atoms. The summed E-state index contributed by atoms with van der Waals surface area (Å²) in [5, 5.41) is 3.24. The number of thiophene rings is 1. The van der Waals surface area contributed by atoms with Crippen LogP contribution in [0.3, 0.4) is 0 Å². The lowest BCUT2D eigenvalue weighted by atomic mass is 10.4. The molecule has 1 aliphatic rings. The van der Waals surface area contributed by atoms with Crippen LogP contribution in [0.5, 0.6) is 0 Å². The number of rotatable bonds is 5. The van der Waals surface area contributed by atoms with E-state index in [1.165, 1.54) is 12.3 Å². The van der Waals surface area contributed by atoms with Gasteiger partial charge in [-0.3, -0.25) is 4.72 Å². The van der Waals surface area contributed by atoms with E-state index in [0.717, 1.165) is 30.0 Å². The fourth-order valence-electron chi connectivity index (χ4n) is 1.62. The zero-order valence-corrected chi connectivity index (χ0v) is 12.7. The zero-order valence-electron chi connectivity index (χ0n) is 10.3. The Labute approximate surface area is 126 Å². The molecular weight excluding hydrogens is 318 g/mol. The van der Waals surface area contributed by atoms with E-state index in [2.05, 4.69) is 15.0 Å². The monoisotopic (exact) mass is 329 g/mol. The normalized spacial score (nSPS) is 15.1. The molecule has 0 atom stereocenters. The van der Waals surface area contributed by atoms with Crippen molar-refractivity contribution >= 4 is 44.5 Å². The Morgan fingerprint density at radius 3 is 2.60 bits per heavy atom. The lowest BCUT2D eigenvalue weighted by Gasteiger charge is -2.07. The largest absolute Gasteiger partial charge is 0.367 e. The van der Waals surface area contributed by atoms with E-state index in [4.69, 9.17) is 11.6 Å². The minimum Gasteiger partial charge on any atom is -0.367 e. The van der Waals surface area contributed by atoms with Crippen LogP contribution < -0.4 is 10.0 Å². The van der Waals surface area contributed by atoms with Crippen LogP contribution in [0.1, 0.15) is 12.8 Å². The van der Waals surface area contributed by atoms with Gasteiger partial charge >= 0.3 is 0 Å². The summed E-state index contributed by atoms with van der Waals surface area (Å²) in [6.45, 7) is 0. The molecule has 3 rings (SSSR count). The Bertz CT molecular complexity index is 709. The van der Waals surface area contributed by atoms with Gasteiger partial charge in [0.05, 0.1) is 16.2 Å². The minimum absolute atomic E-state index is 0.183. The van der Waals surface area contributed by atoms with Gasteiger partial charge in [-0.25, -0.2) is 13.4 Å². The number of hydrogen-bond donors (Lipinski definition) is 2. The van der Waals surface area contributed by atoms with Gasteiger partial charge < -0.3 is 5.32 Å². The number of nitrogens with one attached hydrogen (secondary N) is 2. The van der Waals surface area contributed by atoms with Gasteiger partial charge in [0.2, 0.25) is 0 Å². The second-order valence-corrected chi connectivity index (χ2v) is 8.14. The average molecular weight is 330 g/mol. The first-order chi connectivity index (χ1) is 9.53. The van der Waals surface area contributed by atoms with E-state index in [-0.39, 0.29) is 4.21 Å². The summed E-state index contributed by atoms with van der Waals surface area (Å²) < 4.78 is 27.3. The number of aromatic nitrogens is 1. The quantitative estimate of drug-likeness (QED) is 0.883. The average Bonchev–Trinajstić information content (AvgIpc) is 3.10. The molecule has 0 aromatic carbocycles. The molecule has 0 spiro atoms. The number of hydrogen-bond acceptors (Lipinski definition) is 5. The summed E-state index contributed by atoms with van der Waals surface area (Å²) in [5.41, 5.74) is 0.427. The van der Waals surface area contributed by atoms with E-state index >= 15 is 0 Å². The Hall–Kier alpha value is -1.31. The highest BCUT2D eigenvalue weighted by atomic mass is 35.5. The van der Waals surface area contributed by atoms with E-state index in [1.807, 2.05) is 0 Å². The highest BCUT2D eigenvalue weighted by Gasteiger charge is 2.21. The van der Waals surface area contributed by atoms with E-state index in [0.29, 0.717) is 16.1 Å². The highest BCUT2D eigenvalue weighted by molar-refractivity contribution is 7.94. The first-order valence-corrected chi connectivity index (χ1v) is 8.71. The molecule has 2 N–H and O–H groups in total.